The fourth-order valence-corrected chi connectivity index (χ4v) is 2.80. The summed E-state index contributed by atoms with van der Waals surface area (Å²) in [5, 5.41) is 24.2. The second-order valence-corrected chi connectivity index (χ2v) is 5.06. The Labute approximate surface area is 123 Å². The molecule has 2 N–H and O–H groups in total. The van der Waals surface area contributed by atoms with Crippen LogP contribution < -0.4 is 10.1 Å². The summed E-state index contributed by atoms with van der Waals surface area (Å²) in [7, 11) is 1.40. The molecule has 116 valence electrons. The first kappa shape index (κ1) is 15.5. The van der Waals surface area contributed by atoms with Crippen molar-refractivity contribution in [2.75, 3.05) is 33.3 Å². The number of phenols is 1. The Hall–Kier alpha value is -1.86. The lowest BCUT2D eigenvalue weighted by molar-refractivity contribution is -0.386. The zero-order valence-corrected chi connectivity index (χ0v) is 12.3. The maximum atomic E-state index is 11.1. The highest BCUT2D eigenvalue weighted by molar-refractivity contribution is 5.57. The predicted molar refractivity (Wildman–Crippen MR) is 78.8 cm³/mol. The summed E-state index contributed by atoms with van der Waals surface area (Å²) in [5.74, 6) is -0.269. The van der Waals surface area contributed by atoms with E-state index in [1.54, 1.807) is 6.07 Å². The van der Waals surface area contributed by atoms with Crippen LogP contribution in [0.2, 0.25) is 0 Å². The van der Waals surface area contributed by atoms with Crippen LogP contribution in [0.5, 0.6) is 11.5 Å². The summed E-state index contributed by atoms with van der Waals surface area (Å²) in [5.41, 5.74) is 0.499. The number of nitro groups is 1. The van der Waals surface area contributed by atoms with Gasteiger partial charge in [0.2, 0.25) is 5.75 Å². The molecular formula is C14H21N3O4. The average molecular weight is 295 g/mol. The van der Waals surface area contributed by atoms with Crippen LogP contribution in [-0.2, 0) is 0 Å². The van der Waals surface area contributed by atoms with Crippen molar-refractivity contribution >= 4 is 5.69 Å². The van der Waals surface area contributed by atoms with Crippen LogP contribution in [0.4, 0.5) is 5.69 Å². The number of methoxy groups -OCH3 is 1. The molecule has 1 aliphatic heterocycles. The summed E-state index contributed by atoms with van der Waals surface area (Å²) in [6, 6.07) is 3.23. The summed E-state index contributed by atoms with van der Waals surface area (Å²) >= 11 is 0. The van der Waals surface area contributed by atoms with E-state index in [2.05, 4.69) is 17.1 Å². The number of phenolic OH excluding ortho intramolecular Hbond substituents is 1. The zero-order chi connectivity index (χ0) is 15.4. The van der Waals surface area contributed by atoms with Crippen LogP contribution in [0.3, 0.4) is 0 Å². The van der Waals surface area contributed by atoms with Crippen LogP contribution in [0, 0.1) is 10.1 Å². The van der Waals surface area contributed by atoms with Gasteiger partial charge in [0.1, 0.15) is 0 Å². The highest BCUT2D eigenvalue weighted by Crippen LogP contribution is 2.40. The van der Waals surface area contributed by atoms with Crippen molar-refractivity contribution in [1.29, 1.82) is 0 Å². The van der Waals surface area contributed by atoms with Crippen molar-refractivity contribution in [2.45, 2.75) is 19.4 Å². The van der Waals surface area contributed by atoms with Gasteiger partial charge in [-0.1, -0.05) is 6.92 Å². The number of benzene rings is 1. The fourth-order valence-electron chi connectivity index (χ4n) is 2.80. The Morgan fingerprint density at radius 1 is 1.48 bits per heavy atom. The van der Waals surface area contributed by atoms with Gasteiger partial charge in [-0.3, -0.25) is 15.0 Å². The van der Waals surface area contributed by atoms with Gasteiger partial charge in [-0.25, -0.2) is 0 Å². The smallest absolute Gasteiger partial charge is 0.314 e. The normalized spacial score (nSPS) is 17.4. The molecule has 2 rings (SSSR count). The number of rotatable bonds is 5. The SMILES string of the molecule is CC[C@@H](c1cc(OC)c(O)c([N+](=O)[O-])c1)N1CCNCC1. The maximum Gasteiger partial charge on any atom is 0.314 e. The lowest BCUT2D eigenvalue weighted by atomic mass is 10.0. The van der Waals surface area contributed by atoms with Crippen LogP contribution in [-0.4, -0.2) is 48.2 Å². The van der Waals surface area contributed by atoms with Gasteiger partial charge < -0.3 is 15.2 Å². The van der Waals surface area contributed by atoms with Gasteiger partial charge in [-0.15, -0.1) is 0 Å². The number of ether oxygens (including phenoxy) is 1. The van der Waals surface area contributed by atoms with Crippen molar-refractivity contribution in [2.24, 2.45) is 0 Å². The minimum Gasteiger partial charge on any atom is -0.500 e. The van der Waals surface area contributed by atoms with E-state index in [-0.39, 0.29) is 17.5 Å². The van der Waals surface area contributed by atoms with Crippen molar-refractivity contribution in [3.63, 3.8) is 0 Å². The van der Waals surface area contributed by atoms with Crippen molar-refractivity contribution in [1.82, 2.24) is 10.2 Å². The second kappa shape index (κ2) is 6.73. The summed E-state index contributed by atoms with van der Waals surface area (Å²) in [6.45, 7) is 5.67. The van der Waals surface area contributed by atoms with E-state index in [4.69, 9.17) is 4.74 Å². The molecular weight excluding hydrogens is 274 g/mol. The van der Waals surface area contributed by atoms with E-state index >= 15 is 0 Å². The Bertz CT molecular complexity index is 515. The Kier molecular flexibility index (Phi) is 4.98. The number of nitrogens with one attached hydrogen (secondary N) is 1. The second-order valence-electron chi connectivity index (χ2n) is 5.06. The standard InChI is InChI=1S/C14H21N3O4/c1-3-11(16-6-4-15-5-7-16)10-8-12(17(19)20)14(18)13(9-10)21-2/h8-9,11,15,18H,3-7H2,1-2H3/t11-/m0/s1. The highest BCUT2D eigenvalue weighted by atomic mass is 16.6. The van der Waals surface area contributed by atoms with E-state index in [0.717, 1.165) is 38.2 Å². The molecule has 7 heteroatoms. The van der Waals surface area contributed by atoms with Gasteiger partial charge in [0, 0.05) is 38.3 Å². The van der Waals surface area contributed by atoms with E-state index in [1.807, 2.05) is 0 Å². The number of nitro benzene ring substituents is 1. The van der Waals surface area contributed by atoms with Gasteiger partial charge >= 0.3 is 5.69 Å². The molecule has 0 amide bonds. The van der Waals surface area contributed by atoms with Crippen LogP contribution in [0.1, 0.15) is 24.9 Å². The quantitative estimate of drug-likeness (QED) is 0.634. The number of hydrogen-bond acceptors (Lipinski definition) is 6. The third-order valence-corrected chi connectivity index (χ3v) is 3.86. The van der Waals surface area contributed by atoms with E-state index < -0.39 is 10.7 Å². The summed E-state index contributed by atoms with van der Waals surface area (Å²) in [4.78, 5) is 12.8. The van der Waals surface area contributed by atoms with Crippen LogP contribution >= 0.6 is 0 Å². The third-order valence-electron chi connectivity index (χ3n) is 3.86. The molecule has 1 fully saturated rings. The van der Waals surface area contributed by atoms with Gasteiger partial charge in [0.15, 0.2) is 5.75 Å². The molecule has 1 aliphatic rings. The first-order valence-electron chi connectivity index (χ1n) is 7.08. The topological polar surface area (TPSA) is 87.9 Å². The summed E-state index contributed by atoms with van der Waals surface area (Å²) < 4.78 is 5.07. The first-order valence-corrected chi connectivity index (χ1v) is 7.08. The van der Waals surface area contributed by atoms with E-state index in [1.165, 1.54) is 13.2 Å². The number of aromatic hydroxyl groups is 1. The molecule has 0 saturated carbocycles. The molecule has 1 atom stereocenters. The molecule has 0 aromatic heterocycles. The van der Waals surface area contributed by atoms with Gasteiger partial charge in [-0.05, 0) is 18.1 Å². The molecule has 1 saturated heterocycles. The van der Waals surface area contributed by atoms with Gasteiger partial charge in [-0.2, -0.15) is 0 Å². The molecule has 0 aliphatic carbocycles. The largest absolute Gasteiger partial charge is 0.500 e. The van der Waals surface area contributed by atoms with Crippen molar-refractivity contribution in [3.05, 3.63) is 27.8 Å². The predicted octanol–water partition coefficient (Wildman–Crippen LogP) is 1.67. The van der Waals surface area contributed by atoms with Crippen LogP contribution in [0.15, 0.2) is 12.1 Å². The molecule has 7 nitrogen and oxygen atoms in total. The lowest BCUT2D eigenvalue weighted by Gasteiger charge is -2.34. The molecule has 0 bridgehead atoms. The molecule has 1 heterocycles. The number of hydrogen-bond donors (Lipinski definition) is 2. The zero-order valence-electron chi connectivity index (χ0n) is 12.3. The molecule has 0 spiro atoms. The van der Waals surface area contributed by atoms with E-state index in [9.17, 15) is 15.2 Å². The molecule has 1 aromatic carbocycles. The van der Waals surface area contributed by atoms with Crippen LogP contribution in [0.25, 0.3) is 0 Å². The fraction of sp³-hybridized carbons (Fsp3) is 0.571. The lowest BCUT2D eigenvalue weighted by Crippen LogP contribution is -2.45. The average Bonchev–Trinajstić information content (AvgIpc) is 2.50. The van der Waals surface area contributed by atoms with Crippen molar-refractivity contribution in [3.8, 4) is 11.5 Å². The molecule has 21 heavy (non-hydrogen) atoms. The molecule has 0 unspecified atom stereocenters. The number of nitrogens with zero attached hydrogens (tertiary/aromatic N) is 2. The minimum atomic E-state index is -0.578. The Morgan fingerprint density at radius 3 is 2.67 bits per heavy atom. The number of piperazine rings is 1. The Morgan fingerprint density at radius 2 is 2.14 bits per heavy atom. The summed E-state index contributed by atoms with van der Waals surface area (Å²) in [6.07, 6.45) is 0.838. The van der Waals surface area contributed by atoms with Gasteiger partial charge in [0.25, 0.3) is 0 Å². The first-order chi connectivity index (χ1) is 10.1. The Balaban J connectivity index is 2.40. The van der Waals surface area contributed by atoms with Crippen molar-refractivity contribution < 1.29 is 14.8 Å². The van der Waals surface area contributed by atoms with E-state index in [0.29, 0.717) is 0 Å². The molecule has 0 radical (unpaired) electrons. The minimum absolute atomic E-state index is 0.0836. The third kappa shape index (κ3) is 3.25. The maximum absolute atomic E-state index is 11.1. The van der Waals surface area contributed by atoms with Gasteiger partial charge in [0.05, 0.1) is 12.0 Å². The highest BCUT2D eigenvalue weighted by Gasteiger charge is 2.26. The molecule has 1 aromatic rings. The monoisotopic (exact) mass is 295 g/mol.